The Balaban J connectivity index is 1.20. The first-order chi connectivity index (χ1) is 14.7. The maximum Gasteiger partial charge on any atom is 0.261 e. The van der Waals surface area contributed by atoms with E-state index >= 15 is 0 Å². The van der Waals surface area contributed by atoms with E-state index in [0.29, 0.717) is 17.7 Å². The third-order valence-electron chi connectivity index (χ3n) is 6.04. The molecule has 3 aromatic rings. The fraction of sp³-hybridized carbons (Fsp3) is 0.240. The van der Waals surface area contributed by atoms with Crippen LogP contribution in [0.5, 0.6) is 0 Å². The normalized spacial score (nSPS) is 16.8. The summed E-state index contributed by atoms with van der Waals surface area (Å²) in [7, 11) is 0. The van der Waals surface area contributed by atoms with Crippen molar-refractivity contribution >= 4 is 28.2 Å². The molecule has 0 bridgehead atoms. The summed E-state index contributed by atoms with van der Waals surface area (Å²) < 4.78 is 0. The second-order valence-corrected chi connectivity index (χ2v) is 7.85. The third kappa shape index (κ3) is 3.31. The molecule has 5 nitrogen and oxygen atoms in total. The predicted molar refractivity (Wildman–Crippen MR) is 117 cm³/mol. The summed E-state index contributed by atoms with van der Waals surface area (Å²) in [6.45, 7) is 3.18. The number of carbonyl (C=O) groups excluding carboxylic acids is 2. The summed E-state index contributed by atoms with van der Waals surface area (Å²) >= 11 is 0. The number of amides is 2. The van der Waals surface area contributed by atoms with Gasteiger partial charge in [0.2, 0.25) is 0 Å². The van der Waals surface area contributed by atoms with Crippen molar-refractivity contribution < 1.29 is 9.59 Å². The van der Waals surface area contributed by atoms with Crippen molar-refractivity contribution in [1.29, 1.82) is 0 Å². The number of benzene rings is 2. The van der Waals surface area contributed by atoms with Crippen molar-refractivity contribution in [3.8, 4) is 0 Å². The first kappa shape index (κ1) is 18.7. The van der Waals surface area contributed by atoms with Gasteiger partial charge >= 0.3 is 0 Å². The molecular weight excluding hydrogens is 374 g/mol. The molecule has 0 unspecified atom stereocenters. The van der Waals surface area contributed by atoms with Crippen LogP contribution in [0.4, 0.5) is 0 Å². The molecule has 3 heterocycles. The molecule has 150 valence electrons. The molecule has 0 spiro atoms. The standard InChI is InChI=1S/C25H23N3O2/c29-24-21-8-3-4-9-22(21)25(30)28(24)13-5-12-27-14-10-18(11-15-27)23-17-26-16-19-6-1-2-7-20(19)23/h1-4,6-10,16-17H,5,11-15H2. The van der Waals surface area contributed by atoms with E-state index in [1.807, 2.05) is 18.5 Å². The SMILES string of the molecule is O=C1c2ccccc2C(=O)N1CCCN1CC=C(c2cncc3ccccc23)CC1. The number of nitrogens with zero attached hydrogens (tertiary/aromatic N) is 3. The topological polar surface area (TPSA) is 53.5 Å². The number of hydrogen-bond acceptors (Lipinski definition) is 4. The highest BCUT2D eigenvalue weighted by Gasteiger charge is 2.34. The molecule has 30 heavy (non-hydrogen) atoms. The molecule has 5 rings (SSSR count). The first-order valence-corrected chi connectivity index (χ1v) is 10.4. The molecule has 0 saturated carbocycles. The van der Waals surface area contributed by atoms with Crippen LogP contribution >= 0.6 is 0 Å². The predicted octanol–water partition coefficient (Wildman–Crippen LogP) is 4.01. The quantitative estimate of drug-likeness (QED) is 0.611. The Bertz CT molecular complexity index is 1130. The van der Waals surface area contributed by atoms with Crippen LogP contribution in [0.15, 0.2) is 67.0 Å². The highest BCUT2D eigenvalue weighted by molar-refractivity contribution is 6.21. The number of hydrogen-bond donors (Lipinski definition) is 0. The average molecular weight is 397 g/mol. The molecule has 0 N–H and O–H groups in total. The Morgan fingerprint density at radius 1 is 0.833 bits per heavy atom. The Hall–Kier alpha value is -3.31. The molecule has 0 saturated heterocycles. The smallest absolute Gasteiger partial charge is 0.261 e. The van der Waals surface area contributed by atoms with Gasteiger partial charge in [-0.25, -0.2) is 0 Å². The van der Waals surface area contributed by atoms with E-state index in [-0.39, 0.29) is 11.8 Å². The third-order valence-corrected chi connectivity index (χ3v) is 6.04. The van der Waals surface area contributed by atoms with Crippen molar-refractivity contribution in [2.75, 3.05) is 26.2 Å². The van der Waals surface area contributed by atoms with E-state index in [0.717, 1.165) is 32.5 Å². The van der Waals surface area contributed by atoms with Crippen molar-refractivity contribution in [1.82, 2.24) is 14.8 Å². The van der Waals surface area contributed by atoms with E-state index in [4.69, 9.17) is 0 Å². The van der Waals surface area contributed by atoms with E-state index in [1.54, 1.807) is 24.3 Å². The lowest BCUT2D eigenvalue weighted by atomic mass is 9.96. The van der Waals surface area contributed by atoms with Crippen LogP contribution in [0.1, 0.15) is 39.1 Å². The van der Waals surface area contributed by atoms with Crippen molar-refractivity contribution in [2.24, 2.45) is 0 Å². The Morgan fingerprint density at radius 3 is 2.30 bits per heavy atom. The second kappa shape index (κ2) is 7.84. The van der Waals surface area contributed by atoms with Gasteiger partial charge in [0.25, 0.3) is 11.8 Å². The first-order valence-electron chi connectivity index (χ1n) is 10.4. The molecule has 0 radical (unpaired) electrons. The monoisotopic (exact) mass is 397 g/mol. The fourth-order valence-corrected chi connectivity index (χ4v) is 4.43. The Morgan fingerprint density at radius 2 is 1.57 bits per heavy atom. The minimum Gasteiger partial charge on any atom is -0.299 e. The highest BCUT2D eigenvalue weighted by atomic mass is 16.2. The lowest BCUT2D eigenvalue weighted by Crippen LogP contribution is -2.35. The zero-order valence-corrected chi connectivity index (χ0v) is 16.8. The minimum atomic E-state index is -0.167. The zero-order valence-electron chi connectivity index (χ0n) is 16.8. The highest BCUT2D eigenvalue weighted by Crippen LogP contribution is 2.28. The van der Waals surface area contributed by atoms with Gasteiger partial charge in [0.1, 0.15) is 0 Å². The number of rotatable bonds is 5. The fourth-order valence-electron chi connectivity index (χ4n) is 4.43. The summed E-state index contributed by atoms with van der Waals surface area (Å²) in [5.41, 5.74) is 3.61. The van der Waals surface area contributed by atoms with E-state index in [9.17, 15) is 9.59 Å². The van der Waals surface area contributed by atoms with E-state index < -0.39 is 0 Å². The number of imide groups is 1. The Labute approximate surface area is 175 Å². The van der Waals surface area contributed by atoms with Crippen LogP contribution in [-0.4, -0.2) is 52.8 Å². The van der Waals surface area contributed by atoms with Crippen LogP contribution < -0.4 is 0 Å². The molecule has 0 aliphatic carbocycles. The van der Waals surface area contributed by atoms with Gasteiger partial charge in [0, 0.05) is 49.5 Å². The van der Waals surface area contributed by atoms with Crippen molar-refractivity contribution in [3.05, 3.63) is 83.7 Å². The summed E-state index contributed by atoms with van der Waals surface area (Å²) in [4.78, 5) is 33.1. The van der Waals surface area contributed by atoms with Gasteiger partial charge in [0.15, 0.2) is 0 Å². The van der Waals surface area contributed by atoms with Crippen LogP contribution in [0, 0.1) is 0 Å². The van der Waals surface area contributed by atoms with Gasteiger partial charge in [-0.05, 0) is 35.9 Å². The molecule has 0 atom stereocenters. The average Bonchev–Trinajstić information content (AvgIpc) is 3.04. The zero-order chi connectivity index (χ0) is 20.5. The summed E-state index contributed by atoms with van der Waals surface area (Å²) in [6.07, 6.45) is 7.92. The molecular formula is C25H23N3O2. The molecule has 2 aromatic carbocycles. The van der Waals surface area contributed by atoms with Gasteiger partial charge in [-0.2, -0.15) is 0 Å². The van der Waals surface area contributed by atoms with Crippen molar-refractivity contribution in [2.45, 2.75) is 12.8 Å². The summed E-state index contributed by atoms with van der Waals surface area (Å²) in [6, 6.07) is 15.4. The lowest BCUT2D eigenvalue weighted by molar-refractivity contribution is 0.0648. The van der Waals surface area contributed by atoms with Gasteiger partial charge < -0.3 is 0 Å². The molecule has 1 aromatic heterocycles. The summed E-state index contributed by atoms with van der Waals surface area (Å²) in [5, 5.41) is 2.41. The van der Waals surface area contributed by atoms with E-state index in [1.165, 1.54) is 26.8 Å². The van der Waals surface area contributed by atoms with Gasteiger partial charge in [0.05, 0.1) is 11.1 Å². The van der Waals surface area contributed by atoms with Crippen molar-refractivity contribution in [3.63, 3.8) is 0 Å². The maximum absolute atomic E-state index is 12.5. The minimum absolute atomic E-state index is 0.167. The van der Waals surface area contributed by atoms with Crippen LogP contribution in [-0.2, 0) is 0 Å². The maximum atomic E-state index is 12.5. The van der Waals surface area contributed by atoms with Gasteiger partial charge in [-0.1, -0.05) is 42.5 Å². The number of fused-ring (bicyclic) bond motifs is 2. The second-order valence-electron chi connectivity index (χ2n) is 7.85. The molecule has 5 heteroatoms. The molecule has 2 aliphatic heterocycles. The van der Waals surface area contributed by atoms with Crippen LogP contribution in [0.2, 0.25) is 0 Å². The van der Waals surface area contributed by atoms with Gasteiger partial charge in [-0.3, -0.25) is 24.4 Å². The summed E-state index contributed by atoms with van der Waals surface area (Å²) in [5.74, 6) is -0.334. The van der Waals surface area contributed by atoms with E-state index in [2.05, 4.69) is 34.2 Å². The molecule has 0 fully saturated rings. The number of carbonyl (C=O) groups is 2. The number of aromatic nitrogens is 1. The van der Waals surface area contributed by atoms with Crippen LogP contribution in [0.25, 0.3) is 16.3 Å². The lowest BCUT2D eigenvalue weighted by Gasteiger charge is -2.27. The van der Waals surface area contributed by atoms with Crippen LogP contribution in [0.3, 0.4) is 0 Å². The number of pyridine rings is 1. The largest absolute Gasteiger partial charge is 0.299 e. The van der Waals surface area contributed by atoms with Gasteiger partial charge in [-0.15, -0.1) is 0 Å². The molecule has 2 aliphatic rings. The molecule has 2 amide bonds. The Kier molecular flexibility index (Phi) is 4.89.